The number of rotatable bonds is 2. The average molecular weight is 284 g/mol. The molecule has 3 heterocycles. The lowest BCUT2D eigenvalue weighted by Gasteiger charge is -2.12. The molecule has 0 aliphatic carbocycles. The fourth-order valence-electron chi connectivity index (χ4n) is 1.86. The number of hydrogen-bond donors (Lipinski definition) is 3. The van der Waals surface area contributed by atoms with Gasteiger partial charge >= 0.3 is 0 Å². The van der Waals surface area contributed by atoms with Crippen LogP contribution in [0.4, 0.5) is 5.82 Å². The molecular formula is C10H10ClN5O3. The second kappa shape index (κ2) is 4.34. The molecule has 0 spiro atoms. The Morgan fingerprint density at radius 3 is 2.95 bits per heavy atom. The van der Waals surface area contributed by atoms with E-state index >= 15 is 0 Å². The zero-order chi connectivity index (χ0) is 13.6. The standard InChI is InChI=1S/C10H10ClN5O3/c11-10-14-8(12)7-9(15-10)16(3-13-7)6-1-4(18)5(2-17)19-6/h1,3-5,17-18H,2H2,(H2,12,14,15)/t4-,5+/m0/s1. The largest absolute Gasteiger partial charge is 0.470 e. The molecule has 0 fully saturated rings. The molecule has 9 heteroatoms. The van der Waals surface area contributed by atoms with Gasteiger partial charge in [-0.3, -0.25) is 4.57 Å². The number of nitrogens with zero attached hydrogens (tertiary/aromatic N) is 4. The lowest BCUT2D eigenvalue weighted by Crippen LogP contribution is -2.25. The van der Waals surface area contributed by atoms with Crippen molar-refractivity contribution in [3.05, 3.63) is 17.7 Å². The second-order valence-corrected chi connectivity index (χ2v) is 4.34. The first-order chi connectivity index (χ1) is 9.10. The maximum atomic E-state index is 9.66. The Morgan fingerprint density at radius 2 is 2.26 bits per heavy atom. The highest BCUT2D eigenvalue weighted by Crippen LogP contribution is 2.26. The summed E-state index contributed by atoms with van der Waals surface area (Å²) in [6.07, 6.45) is 1.28. The van der Waals surface area contributed by atoms with Crippen LogP contribution in [0, 0.1) is 0 Å². The molecule has 0 saturated carbocycles. The molecule has 2 aromatic rings. The Balaban J connectivity index is 2.10. The molecule has 3 rings (SSSR count). The number of nitrogens with two attached hydrogens (primary N) is 1. The zero-order valence-electron chi connectivity index (χ0n) is 9.56. The Labute approximate surface area is 112 Å². The predicted molar refractivity (Wildman–Crippen MR) is 67.0 cm³/mol. The first-order valence-electron chi connectivity index (χ1n) is 5.44. The van der Waals surface area contributed by atoms with Crippen LogP contribution in [0.15, 0.2) is 12.4 Å². The monoisotopic (exact) mass is 283 g/mol. The zero-order valence-corrected chi connectivity index (χ0v) is 10.3. The highest BCUT2D eigenvalue weighted by Gasteiger charge is 2.29. The lowest BCUT2D eigenvalue weighted by molar-refractivity contribution is 0.0258. The first kappa shape index (κ1) is 12.2. The number of aromatic nitrogens is 4. The number of aliphatic hydroxyl groups is 2. The second-order valence-electron chi connectivity index (χ2n) is 4.00. The van der Waals surface area contributed by atoms with Gasteiger partial charge < -0.3 is 20.7 Å². The minimum atomic E-state index is -0.896. The molecule has 1 aliphatic heterocycles. The van der Waals surface area contributed by atoms with E-state index < -0.39 is 12.2 Å². The number of imidazole rings is 1. The van der Waals surface area contributed by atoms with E-state index in [4.69, 9.17) is 27.2 Å². The van der Waals surface area contributed by atoms with Crippen LogP contribution in [0.5, 0.6) is 0 Å². The molecular weight excluding hydrogens is 274 g/mol. The van der Waals surface area contributed by atoms with Crippen molar-refractivity contribution < 1.29 is 14.9 Å². The summed E-state index contributed by atoms with van der Waals surface area (Å²) in [6.45, 7) is -0.300. The van der Waals surface area contributed by atoms with E-state index in [2.05, 4.69) is 15.0 Å². The van der Waals surface area contributed by atoms with Crippen molar-refractivity contribution in [2.24, 2.45) is 0 Å². The average Bonchev–Trinajstić information content (AvgIpc) is 2.92. The van der Waals surface area contributed by atoms with Crippen LogP contribution in [0.25, 0.3) is 17.0 Å². The minimum Gasteiger partial charge on any atom is -0.470 e. The quantitative estimate of drug-likeness (QED) is 0.642. The van der Waals surface area contributed by atoms with E-state index in [-0.39, 0.29) is 17.7 Å². The van der Waals surface area contributed by atoms with Gasteiger partial charge in [-0.15, -0.1) is 0 Å². The molecule has 2 aromatic heterocycles. The van der Waals surface area contributed by atoms with Crippen LogP contribution in [0.3, 0.4) is 0 Å². The van der Waals surface area contributed by atoms with Crippen LogP contribution < -0.4 is 5.73 Å². The molecule has 0 amide bonds. The summed E-state index contributed by atoms with van der Waals surface area (Å²) in [5.41, 5.74) is 6.44. The van der Waals surface area contributed by atoms with E-state index in [0.717, 1.165) is 0 Å². The van der Waals surface area contributed by atoms with E-state index in [1.165, 1.54) is 17.0 Å². The van der Waals surface area contributed by atoms with Crippen LogP contribution in [0.2, 0.25) is 5.28 Å². The number of anilines is 1. The van der Waals surface area contributed by atoms with Crippen molar-refractivity contribution in [3.63, 3.8) is 0 Å². The van der Waals surface area contributed by atoms with Crippen LogP contribution in [-0.2, 0) is 4.74 Å². The number of nitrogen functional groups attached to an aromatic ring is 1. The van der Waals surface area contributed by atoms with Gasteiger partial charge in [0.05, 0.1) is 6.61 Å². The summed E-state index contributed by atoms with van der Waals surface area (Å²) < 4.78 is 6.88. The molecule has 0 radical (unpaired) electrons. The third kappa shape index (κ3) is 1.89. The molecule has 19 heavy (non-hydrogen) atoms. The maximum absolute atomic E-state index is 9.66. The van der Waals surface area contributed by atoms with E-state index in [0.29, 0.717) is 17.0 Å². The third-order valence-electron chi connectivity index (χ3n) is 2.78. The highest BCUT2D eigenvalue weighted by atomic mass is 35.5. The van der Waals surface area contributed by atoms with Crippen molar-refractivity contribution in [2.75, 3.05) is 12.3 Å². The number of fused-ring (bicyclic) bond motifs is 1. The lowest BCUT2D eigenvalue weighted by atomic mass is 10.2. The summed E-state index contributed by atoms with van der Waals surface area (Å²) in [7, 11) is 0. The van der Waals surface area contributed by atoms with Gasteiger partial charge in [0, 0.05) is 6.08 Å². The number of halogens is 1. The molecule has 0 aromatic carbocycles. The van der Waals surface area contributed by atoms with Crippen LogP contribution in [-0.4, -0.2) is 48.5 Å². The van der Waals surface area contributed by atoms with Gasteiger partial charge in [-0.25, -0.2) is 4.98 Å². The van der Waals surface area contributed by atoms with E-state index in [1.807, 2.05) is 0 Å². The van der Waals surface area contributed by atoms with Crippen LogP contribution in [0.1, 0.15) is 0 Å². The van der Waals surface area contributed by atoms with Crippen molar-refractivity contribution >= 4 is 34.5 Å². The fourth-order valence-corrected chi connectivity index (χ4v) is 2.03. The van der Waals surface area contributed by atoms with Crippen molar-refractivity contribution in [3.8, 4) is 0 Å². The van der Waals surface area contributed by atoms with Crippen molar-refractivity contribution in [1.29, 1.82) is 0 Å². The topological polar surface area (TPSA) is 119 Å². The molecule has 100 valence electrons. The molecule has 0 unspecified atom stereocenters. The van der Waals surface area contributed by atoms with Gasteiger partial charge in [-0.1, -0.05) is 0 Å². The summed E-state index contributed by atoms with van der Waals surface area (Å²) >= 11 is 5.75. The Morgan fingerprint density at radius 1 is 1.47 bits per heavy atom. The van der Waals surface area contributed by atoms with Gasteiger partial charge in [0.1, 0.15) is 12.4 Å². The maximum Gasteiger partial charge on any atom is 0.226 e. The van der Waals surface area contributed by atoms with Crippen molar-refractivity contribution in [2.45, 2.75) is 12.2 Å². The Kier molecular flexibility index (Phi) is 2.77. The summed E-state index contributed by atoms with van der Waals surface area (Å²) in [5.74, 6) is 0.467. The van der Waals surface area contributed by atoms with Gasteiger partial charge in [-0.05, 0) is 11.6 Å². The van der Waals surface area contributed by atoms with Gasteiger partial charge in [0.2, 0.25) is 5.28 Å². The summed E-state index contributed by atoms with van der Waals surface area (Å²) in [4.78, 5) is 11.9. The predicted octanol–water partition coefficient (Wildman–Crippen LogP) is -0.388. The number of ether oxygens (including phenoxy) is 1. The minimum absolute atomic E-state index is 0.00963. The summed E-state index contributed by atoms with van der Waals surface area (Å²) in [6, 6.07) is 0. The van der Waals surface area contributed by atoms with Gasteiger partial charge in [0.15, 0.2) is 29.0 Å². The van der Waals surface area contributed by atoms with Gasteiger partial charge in [-0.2, -0.15) is 9.97 Å². The molecule has 4 N–H and O–H groups in total. The van der Waals surface area contributed by atoms with Crippen molar-refractivity contribution in [1.82, 2.24) is 19.5 Å². The number of hydrogen-bond acceptors (Lipinski definition) is 7. The molecule has 8 nitrogen and oxygen atoms in total. The SMILES string of the molecule is Nc1nc(Cl)nc2c1ncn2C1=C[C@H](O)[C@@H](CO)O1. The smallest absolute Gasteiger partial charge is 0.226 e. The van der Waals surface area contributed by atoms with Gasteiger partial charge in [0.25, 0.3) is 0 Å². The highest BCUT2D eigenvalue weighted by molar-refractivity contribution is 6.28. The first-order valence-corrected chi connectivity index (χ1v) is 5.82. The molecule has 0 bridgehead atoms. The van der Waals surface area contributed by atoms with Crippen LogP contribution >= 0.6 is 11.6 Å². The van der Waals surface area contributed by atoms with E-state index in [1.54, 1.807) is 0 Å². The fraction of sp³-hybridized carbons (Fsp3) is 0.300. The third-order valence-corrected chi connectivity index (χ3v) is 2.95. The molecule has 0 saturated heterocycles. The normalized spacial score (nSPS) is 22.6. The molecule has 1 aliphatic rings. The number of aliphatic hydroxyl groups excluding tert-OH is 2. The molecule has 2 atom stereocenters. The Bertz CT molecular complexity index is 670. The summed E-state index contributed by atoms with van der Waals surface area (Å²) in [5, 5.41) is 18.7. The Hall–Kier alpha value is -1.90. The van der Waals surface area contributed by atoms with E-state index in [9.17, 15) is 5.11 Å².